The van der Waals surface area contributed by atoms with Gasteiger partial charge >= 0.3 is 0 Å². The second-order valence-corrected chi connectivity index (χ2v) is 9.12. The monoisotopic (exact) mass is 544 g/mol. The molecule has 1 atom stereocenters. The molecule has 0 spiro atoms. The predicted molar refractivity (Wildman–Crippen MR) is 145 cm³/mol. The van der Waals surface area contributed by atoms with Crippen molar-refractivity contribution in [2.75, 3.05) is 27.4 Å². The van der Waals surface area contributed by atoms with E-state index in [4.69, 9.17) is 37.4 Å². The molecule has 0 bridgehead atoms. The molecular formula is C28H30Cl2N2O5. The van der Waals surface area contributed by atoms with Crippen molar-refractivity contribution in [2.24, 2.45) is 0 Å². The lowest BCUT2D eigenvalue weighted by Gasteiger charge is -2.29. The van der Waals surface area contributed by atoms with Gasteiger partial charge < -0.3 is 24.4 Å². The van der Waals surface area contributed by atoms with E-state index in [0.717, 1.165) is 11.1 Å². The Morgan fingerprint density at radius 3 is 2.24 bits per heavy atom. The van der Waals surface area contributed by atoms with Crippen LogP contribution in [0.3, 0.4) is 0 Å². The van der Waals surface area contributed by atoms with Crippen LogP contribution >= 0.6 is 23.2 Å². The fraction of sp³-hybridized carbons (Fsp3) is 0.286. The van der Waals surface area contributed by atoms with Gasteiger partial charge in [0.1, 0.15) is 11.8 Å². The van der Waals surface area contributed by atoms with E-state index in [2.05, 4.69) is 5.32 Å². The molecule has 0 unspecified atom stereocenters. The SMILES string of the molecule is COc1ccc(CCNC(=O)[C@H](C)N(Cc2ccc(Cl)cc2)C(=O)COc2ccccc2Cl)cc1OC. The molecule has 7 nitrogen and oxygen atoms in total. The maximum absolute atomic E-state index is 13.2. The lowest BCUT2D eigenvalue weighted by atomic mass is 10.1. The molecule has 2 amide bonds. The Hall–Kier alpha value is -3.42. The van der Waals surface area contributed by atoms with Crippen molar-refractivity contribution in [1.29, 1.82) is 0 Å². The molecular weight excluding hydrogens is 515 g/mol. The highest BCUT2D eigenvalue weighted by molar-refractivity contribution is 6.32. The molecule has 0 aliphatic carbocycles. The van der Waals surface area contributed by atoms with Crippen molar-refractivity contribution < 1.29 is 23.8 Å². The van der Waals surface area contributed by atoms with Crippen LogP contribution < -0.4 is 19.5 Å². The van der Waals surface area contributed by atoms with E-state index >= 15 is 0 Å². The number of hydrogen-bond acceptors (Lipinski definition) is 5. The number of carbonyl (C=O) groups excluding carboxylic acids is 2. The fourth-order valence-corrected chi connectivity index (χ4v) is 3.98. The van der Waals surface area contributed by atoms with Gasteiger partial charge in [0.15, 0.2) is 18.1 Å². The predicted octanol–water partition coefficient (Wildman–Crippen LogP) is 5.17. The highest BCUT2D eigenvalue weighted by Crippen LogP contribution is 2.27. The maximum atomic E-state index is 13.2. The summed E-state index contributed by atoms with van der Waals surface area (Å²) < 4.78 is 16.3. The third kappa shape index (κ3) is 8.03. The van der Waals surface area contributed by atoms with Crippen LogP contribution in [0.5, 0.6) is 17.2 Å². The molecule has 3 aromatic rings. The van der Waals surface area contributed by atoms with Gasteiger partial charge in [0.25, 0.3) is 5.91 Å². The zero-order valence-corrected chi connectivity index (χ0v) is 22.5. The van der Waals surface area contributed by atoms with Crippen LogP contribution in [-0.4, -0.2) is 50.1 Å². The van der Waals surface area contributed by atoms with E-state index in [1.165, 1.54) is 4.90 Å². The van der Waals surface area contributed by atoms with Crippen LogP contribution in [0.4, 0.5) is 0 Å². The lowest BCUT2D eigenvalue weighted by Crippen LogP contribution is -2.49. The number of methoxy groups -OCH3 is 2. The number of amides is 2. The van der Waals surface area contributed by atoms with Gasteiger partial charge in [0, 0.05) is 18.1 Å². The van der Waals surface area contributed by atoms with E-state index in [1.54, 1.807) is 57.5 Å². The molecule has 0 heterocycles. The van der Waals surface area contributed by atoms with Crippen molar-refractivity contribution in [1.82, 2.24) is 10.2 Å². The van der Waals surface area contributed by atoms with E-state index in [9.17, 15) is 9.59 Å². The van der Waals surface area contributed by atoms with Crippen LogP contribution in [0.15, 0.2) is 66.7 Å². The molecule has 0 fully saturated rings. The highest BCUT2D eigenvalue weighted by atomic mass is 35.5. The van der Waals surface area contributed by atoms with Crippen molar-refractivity contribution in [3.8, 4) is 17.2 Å². The van der Waals surface area contributed by atoms with E-state index in [0.29, 0.717) is 40.3 Å². The van der Waals surface area contributed by atoms with Crippen LogP contribution in [0.25, 0.3) is 0 Å². The first-order valence-corrected chi connectivity index (χ1v) is 12.5. The Morgan fingerprint density at radius 1 is 0.892 bits per heavy atom. The zero-order valence-electron chi connectivity index (χ0n) is 21.0. The largest absolute Gasteiger partial charge is 0.493 e. The number of halogens is 2. The second kappa shape index (κ2) is 13.8. The summed E-state index contributed by atoms with van der Waals surface area (Å²) in [6, 6.07) is 18.9. The Balaban J connectivity index is 1.66. The maximum Gasteiger partial charge on any atom is 0.261 e. The minimum Gasteiger partial charge on any atom is -0.493 e. The third-order valence-corrected chi connectivity index (χ3v) is 6.35. The van der Waals surface area contributed by atoms with Crippen LogP contribution in [-0.2, 0) is 22.6 Å². The van der Waals surface area contributed by atoms with Crippen LogP contribution in [0.2, 0.25) is 10.0 Å². The molecule has 0 aliphatic heterocycles. The highest BCUT2D eigenvalue weighted by Gasteiger charge is 2.26. The Kier molecular flexibility index (Phi) is 10.5. The summed E-state index contributed by atoms with van der Waals surface area (Å²) >= 11 is 12.2. The minimum absolute atomic E-state index is 0.214. The van der Waals surface area contributed by atoms with Crippen molar-refractivity contribution >= 4 is 35.0 Å². The number of nitrogens with one attached hydrogen (secondary N) is 1. The van der Waals surface area contributed by atoms with Gasteiger partial charge in [0.05, 0.1) is 19.2 Å². The van der Waals surface area contributed by atoms with Crippen molar-refractivity contribution in [2.45, 2.75) is 25.9 Å². The molecule has 0 aliphatic rings. The normalized spacial score (nSPS) is 11.4. The zero-order chi connectivity index (χ0) is 26.8. The summed E-state index contributed by atoms with van der Waals surface area (Å²) in [5, 5.41) is 3.91. The quantitative estimate of drug-likeness (QED) is 0.340. The van der Waals surface area contributed by atoms with Crippen LogP contribution in [0.1, 0.15) is 18.1 Å². The van der Waals surface area contributed by atoms with Gasteiger partial charge in [0.2, 0.25) is 5.91 Å². The number of rotatable bonds is 12. The summed E-state index contributed by atoms with van der Waals surface area (Å²) in [5.41, 5.74) is 1.81. The van der Waals surface area contributed by atoms with Gasteiger partial charge in [-0.25, -0.2) is 0 Å². The molecule has 9 heteroatoms. The van der Waals surface area contributed by atoms with E-state index in [1.807, 2.05) is 30.3 Å². The van der Waals surface area contributed by atoms with E-state index in [-0.39, 0.29) is 25.0 Å². The summed E-state index contributed by atoms with van der Waals surface area (Å²) in [4.78, 5) is 27.7. The average Bonchev–Trinajstić information content (AvgIpc) is 2.91. The van der Waals surface area contributed by atoms with Gasteiger partial charge in [-0.15, -0.1) is 0 Å². The Labute approximate surface area is 227 Å². The molecule has 3 aromatic carbocycles. The minimum atomic E-state index is -0.747. The molecule has 37 heavy (non-hydrogen) atoms. The van der Waals surface area contributed by atoms with Gasteiger partial charge in [-0.2, -0.15) is 0 Å². The molecule has 0 radical (unpaired) electrons. The molecule has 0 saturated heterocycles. The fourth-order valence-electron chi connectivity index (χ4n) is 3.67. The molecule has 0 saturated carbocycles. The van der Waals surface area contributed by atoms with Gasteiger partial charge in [-0.3, -0.25) is 9.59 Å². The van der Waals surface area contributed by atoms with Gasteiger partial charge in [-0.1, -0.05) is 53.5 Å². The molecule has 1 N–H and O–H groups in total. The lowest BCUT2D eigenvalue weighted by molar-refractivity contribution is -0.142. The smallest absolute Gasteiger partial charge is 0.261 e. The average molecular weight is 545 g/mol. The standard InChI is InChI=1S/C28H30Cl2N2O5/c1-19(28(34)31-15-14-20-10-13-25(35-2)26(16-20)36-3)32(17-21-8-11-22(29)12-9-21)27(33)18-37-24-7-5-4-6-23(24)30/h4-13,16,19H,14-15,17-18H2,1-3H3,(H,31,34)/t19-/m0/s1. The van der Waals surface area contributed by atoms with Gasteiger partial charge in [-0.05, 0) is 60.9 Å². The molecule has 196 valence electrons. The molecule has 0 aromatic heterocycles. The summed E-state index contributed by atoms with van der Waals surface area (Å²) in [6.45, 7) is 2.03. The Morgan fingerprint density at radius 2 is 1.57 bits per heavy atom. The number of carbonyl (C=O) groups is 2. The van der Waals surface area contributed by atoms with Crippen molar-refractivity contribution in [3.63, 3.8) is 0 Å². The second-order valence-electron chi connectivity index (χ2n) is 8.27. The first kappa shape index (κ1) is 28.2. The number of para-hydroxylation sites is 1. The number of hydrogen-bond donors (Lipinski definition) is 1. The topological polar surface area (TPSA) is 77.1 Å². The summed E-state index contributed by atoms with van der Waals surface area (Å²) in [6.07, 6.45) is 0.583. The number of nitrogens with zero attached hydrogens (tertiary/aromatic N) is 1. The number of benzene rings is 3. The molecule has 3 rings (SSSR count). The van der Waals surface area contributed by atoms with E-state index < -0.39 is 6.04 Å². The Bertz CT molecular complexity index is 1200. The number of ether oxygens (including phenoxy) is 3. The summed E-state index contributed by atoms with van der Waals surface area (Å²) in [7, 11) is 3.16. The third-order valence-electron chi connectivity index (χ3n) is 5.78. The first-order valence-electron chi connectivity index (χ1n) is 11.7. The first-order chi connectivity index (χ1) is 17.8. The summed E-state index contributed by atoms with van der Waals surface area (Å²) in [5.74, 6) is 1.03. The van der Waals surface area contributed by atoms with Crippen molar-refractivity contribution in [3.05, 3.63) is 87.9 Å². The van der Waals surface area contributed by atoms with Crippen LogP contribution in [0, 0.1) is 0 Å².